The van der Waals surface area contributed by atoms with Crippen molar-refractivity contribution in [3.05, 3.63) is 42.5 Å². The van der Waals surface area contributed by atoms with Gasteiger partial charge in [0.05, 0.1) is 6.61 Å². The molecule has 22 heavy (non-hydrogen) atoms. The van der Waals surface area contributed by atoms with Gasteiger partial charge in [-0.05, 0) is 35.6 Å². The number of rotatable bonds is 4. The highest BCUT2D eigenvalue weighted by Crippen LogP contribution is 2.38. The lowest BCUT2D eigenvalue weighted by molar-refractivity contribution is 0.174. The van der Waals surface area contributed by atoms with Crippen molar-refractivity contribution in [1.29, 1.82) is 0 Å². The van der Waals surface area contributed by atoms with E-state index in [0.29, 0.717) is 13.4 Å². The molecular formula is C19H22O3. The smallest absolute Gasteiger partial charge is 0.231 e. The minimum Gasteiger partial charge on any atom is -0.493 e. The fraction of sp³-hybridized carbons (Fsp3) is 0.368. The molecule has 3 rings (SSSR count). The highest BCUT2D eigenvalue weighted by Gasteiger charge is 2.16. The molecule has 0 aromatic heterocycles. The van der Waals surface area contributed by atoms with Crippen molar-refractivity contribution in [1.82, 2.24) is 0 Å². The monoisotopic (exact) mass is 298 g/mol. The van der Waals surface area contributed by atoms with E-state index < -0.39 is 0 Å². The van der Waals surface area contributed by atoms with Crippen LogP contribution >= 0.6 is 0 Å². The quantitative estimate of drug-likeness (QED) is 0.803. The van der Waals surface area contributed by atoms with Crippen LogP contribution in [0.2, 0.25) is 0 Å². The molecule has 1 aliphatic heterocycles. The summed E-state index contributed by atoms with van der Waals surface area (Å²) in [6.45, 7) is 7.67. The zero-order valence-electron chi connectivity index (χ0n) is 13.4. The van der Waals surface area contributed by atoms with Gasteiger partial charge < -0.3 is 14.2 Å². The lowest BCUT2D eigenvalue weighted by Crippen LogP contribution is -2.11. The molecule has 3 heteroatoms. The average Bonchev–Trinajstić information content (AvgIpc) is 2.94. The van der Waals surface area contributed by atoms with E-state index in [9.17, 15) is 0 Å². The second-order valence-corrected chi connectivity index (χ2v) is 6.72. The van der Waals surface area contributed by atoms with E-state index in [1.54, 1.807) is 0 Å². The number of ether oxygens (including phenoxy) is 3. The van der Waals surface area contributed by atoms with E-state index in [1.807, 2.05) is 36.4 Å². The average molecular weight is 298 g/mol. The molecule has 0 N–H and O–H groups in total. The Labute approximate surface area is 131 Å². The van der Waals surface area contributed by atoms with Gasteiger partial charge in [-0.1, -0.05) is 45.0 Å². The van der Waals surface area contributed by atoms with E-state index in [0.717, 1.165) is 34.8 Å². The predicted octanol–water partition coefficient (Wildman–Crippen LogP) is 4.90. The van der Waals surface area contributed by atoms with Crippen molar-refractivity contribution in [3.8, 4) is 28.4 Å². The van der Waals surface area contributed by atoms with Gasteiger partial charge in [0, 0.05) is 5.56 Å². The second kappa shape index (κ2) is 5.91. The molecule has 0 saturated heterocycles. The second-order valence-electron chi connectivity index (χ2n) is 6.72. The first kappa shape index (κ1) is 14.8. The lowest BCUT2D eigenvalue weighted by Gasteiger charge is -2.19. The Morgan fingerprint density at radius 3 is 2.59 bits per heavy atom. The third-order valence-corrected chi connectivity index (χ3v) is 3.68. The summed E-state index contributed by atoms with van der Waals surface area (Å²) in [6.07, 6.45) is 1.02. The van der Waals surface area contributed by atoms with Crippen LogP contribution in [0.15, 0.2) is 42.5 Å². The largest absolute Gasteiger partial charge is 0.493 e. The molecule has 3 nitrogen and oxygen atoms in total. The maximum Gasteiger partial charge on any atom is 0.231 e. The first-order valence-electron chi connectivity index (χ1n) is 7.65. The summed E-state index contributed by atoms with van der Waals surface area (Å²) in [5.74, 6) is 2.50. The van der Waals surface area contributed by atoms with Crippen molar-refractivity contribution < 1.29 is 14.2 Å². The third-order valence-electron chi connectivity index (χ3n) is 3.68. The summed E-state index contributed by atoms with van der Waals surface area (Å²) in [7, 11) is 0. The van der Waals surface area contributed by atoms with Crippen LogP contribution in [0.5, 0.6) is 17.2 Å². The Kier molecular flexibility index (Phi) is 3.97. The van der Waals surface area contributed by atoms with Gasteiger partial charge in [0.15, 0.2) is 11.5 Å². The third kappa shape index (κ3) is 3.35. The standard InChI is InChI=1S/C19H22O3/c1-19(2,3)10-11-20-16-7-5-4-6-15(16)14-8-9-17-18(12-14)22-13-21-17/h4-9,12H,10-11,13H2,1-3H3. The van der Waals surface area contributed by atoms with E-state index >= 15 is 0 Å². The Morgan fingerprint density at radius 1 is 1.00 bits per heavy atom. The van der Waals surface area contributed by atoms with Gasteiger partial charge in [-0.15, -0.1) is 0 Å². The number of para-hydroxylation sites is 1. The zero-order valence-corrected chi connectivity index (χ0v) is 13.4. The van der Waals surface area contributed by atoms with Crippen molar-refractivity contribution in [2.24, 2.45) is 5.41 Å². The van der Waals surface area contributed by atoms with Gasteiger partial charge in [-0.25, -0.2) is 0 Å². The summed E-state index contributed by atoms with van der Waals surface area (Å²) < 4.78 is 16.8. The zero-order chi connectivity index (χ0) is 15.6. The Balaban J connectivity index is 1.82. The molecule has 0 bridgehead atoms. The molecule has 0 fully saturated rings. The van der Waals surface area contributed by atoms with E-state index in [2.05, 4.69) is 26.8 Å². The van der Waals surface area contributed by atoms with Crippen molar-refractivity contribution in [3.63, 3.8) is 0 Å². The number of benzene rings is 2. The Bertz CT molecular complexity index is 656. The van der Waals surface area contributed by atoms with Crippen molar-refractivity contribution >= 4 is 0 Å². The normalized spacial score (nSPS) is 13.2. The molecule has 0 unspecified atom stereocenters. The van der Waals surface area contributed by atoms with Crippen molar-refractivity contribution in [2.45, 2.75) is 27.2 Å². The maximum absolute atomic E-state index is 6.01. The van der Waals surface area contributed by atoms with Crippen LogP contribution in [0.3, 0.4) is 0 Å². The highest BCUT2D eigenvalue weighted by atomic mass is 16.7. The first-order chi connectivity index (χ1) is 10.5. The van der Waals surface area contributed by atoms with Gasteiger partial charge in [0.2, 0.25) is 6.79 Å². The molecule has 2 aromatic carbocycles. The summed E-state index contributed by atoms with van der Waals surface area (Å²) in [5.41, 5.74) is 2.43. The van der Waals surface area contributed by atoms with Crippen molar-refractivity contribution in [2.75, 3.05) is 13.4 Å². The first-order valence-corrected chi connectivity index (χ1v) is 7.65. The fourth-order valence-corrected chi connectivity index (χ4v) is 2.36. The molecule has 116 valence electrons. The molecule has 0 saturated carbocycles. The molecule has 0 spiro atoms. The highest BCUT2D eigenvalue weighted by molar-refractivity contribution is 5.73. The molecule has 2 aromatic rings. The van der Waals surface area contributed by atoms with E-state index in [1.165, 1.54) is 0 Å². The van der Waals surface area contributed by atoms with Crippen LogP contribution in [0.1, 0.15) is 27.2 Å². The fourth-order valence-electron chi connectivity index (χ4n) is 2.36. The van der Waals surface area contributed by atoms with Gasteiger partial charge in [0.1, 0.15) is 5.75 Å². The van der Waals surface area contributed by atoms with E-state index in [-0.39, 0.29) is 5.41 Å². The molecule has 0 atom stereocenters. The number of hydrogen-bond donors (Lipinski definition) is 0. The van der Waals surface area contributed by atoms with Crippen LogP contribution < -0.4 is 14.2 Å². The Morgan fingerprint density at radius 2 is 1.77 bits per heavy atom. The minimum atomic E-state index is 0.272. The van der Waals surface area contributed by atoms with Crippen LogP contribution in [0.4, 0.5) is 0 Å². The Hall–Kier alpha value is -2.16. The van der Waals surface area contributed by atoms with E-state index in [4.69, 9.17) is 14.2 Å². The summed E-state index contributed by atoms with van der Waals surface area (Å²) in [5, 5.41) is 0. The number of hydrogen-bond acceptors (Lipinski definition) is 3. The van der Waals surface area contributed by atoms with Gasteiger partial charge in [0.25, 0.3) is 0 Å². The van der Waals surface area contributed by atoms with Crippen LogP contribution in [-0.4, -0.2) is 13.4 Å². The molecule has 0 aliphatic carbocycles. The van der Waals surface area contributed by atoms with Crippen LogP contribution in [0.25, 0.3) is 11.1 Å². The summed E-state index contributed by atoms with van der Waals surface area (Å²) in [4.78, 5) is 0. The van der Waals surface area contributed by atoms with Gasteiger partial charge >= 0.3 is 0 Å². The molecule has 1 heterocycles. The maximum atomic E-state index is 6.01. The lowest BCUT2D eigenvalue weighted by atomic mass is 9.93. The minimum absolute atomic E-state index is 0.272. The molecular weight excluding hydrogens is 276 g/mol. The topological polar surface area (TPSA) is 27.7 Å². The molecule has 1 aliphatic rings. The SMILES string of the molecule is CC(C)(C)CCOc1ccccc1-c1ccc2c(c1)OCO2. The molecule has 0 radical (unpaired) electrons. The predicted molar refractivity (Wildman–Crippen MR) is 87.6 cm³/mol. The van der Waals surface area contributed by atoms with Crippen LogP contribution in [0, 0.1) is 5.41 Å². The summed E-state index contributed by atoms with van der Waals surface area (Å²) >= 11 is 0. The van der Waals surface area contributed by atoms with Gasteiger partial charge in [-0.3, -0.25) is 0 Å². The van der Waals surface area contributed by atoms with Crippen LogP contribution in [-0.2, 0) is 0 Å². The number of fused-ring (bicyclic) bond motifs is 1. The molecule has 0 amide bonds. The summed E-state index contributed by atoms with van der Waals surface area (Å²) in [6, 6.07) is 14.1. The van der Waals surface area contributed by atoms with Gasteiger partial charge in [-0.2, -0.15) is 0 Å².